The minimum atomic E-state index is -0.950. The fourth-order valence-electron chi connectivity index (χ4n) is 4.31. The van der Waals surface area contributed by atoms with Crippen LogP contribution in [0.15, 0.2) is 66.7 Å². The zero-order valence-electron chi connectivity index (χ0n) is 16.9. The lowest BCUT2D eigenvalue weighted by Crippen LogP contribution is -2.37. The normalized spacial score (nSPS) is 19.0. The number of hydrogen-bond donors (Lipinski definition) is 0. The Kier molecular flexibility index (Phi) is 5.06. The molecule has 3 atom stereocenters. The van der Waals surface area contributed by atoms with Gasteiger partial charge in [0.15, 0.2) is 20.1 Å². The second-order valence-electron chi connectivity index (χ2n) is 7.87. The maximum Gasteiger partial charge on any atom is 0.339 e. The molecule has 0 saturated heterocycles. The van der Waals surface area contributed by atoms with Crippen molar-refractivity contribution < 1.29 is 9.53 Å². The van der Waals surface area contributed by atoms with Gasteiger partial charge in [0.2, 0.25) is 0 Å². The maximum absolute atomic E-state index is 12.8. The zero-order chi connectivity index (χ0) is 20.6. The third-order valence-corrected chi connectivity index (χ3v) is 8.20. The van der Waals surface area contributed by atoms with Crippen LogP contribution in [0.5, 0.6) is 0 Å². The van der Waals surface area contributed by atoms with Gasteiger partial charge in [0, 0.05) is 34.8 Å². The molecule has 1 aliphatic carbocycles. The first-order valence-electron chi connectivity index (χ1n) is 9.93. The summed E-state index contributed by atoms with van der Waals surface area (Å²) in [5.41, 5.74) is 0.656. The van der Waals surface area contributed by atoms with Gasteiger partial charge in [-0.25, -0.2) is 4.79 Å². The summed E-state index contributed by atoms with van der Waals surface area (Å²) < 4.78 is 7.16. The molecule has 1 fully saturated rings. The fourth-order valence-corrected chi connectivity index (χ4v) is 6.51. The number of fused-ring (bicyclic) bond motifs is 1. The Morgan fingerprint density at radius 2 is 1.97 bits per heavy atom. The largest absolute Gasteiger partial charge is 0.442 e. The van der Waals surface area contributed by atoms with Gasteiger partial charge in [-0.05, 0) is 62.6 Å². The first-order valence-corrected chi connectivity index (χ1v) is 11.2. The summed E-state index contributed by atoms with van der Waals surface area (Å²) >= 11 is 0. The minimum absolute atomic E-state index is 0.0278. The molecule has 0 bridgehead atoms. The van der Waals surface area contributed by atoms with Gasteiger partial charge in [-0.3, -0.25) is 0 Å². The average molecular weight is 402 g/mol. The number of rotatable bonds is 4. The van der Waals surface area contributed by atoms with Crippen molar-refractivity contribution >= 4 is 26.5 Å². The highest BCUT2D eigenvalue weighted by atomic mass is 32.2. The van der Waals surface area contributed by atoms with Crippen LogP contribution in [0.1, 0.15) is 41.4 Å². The van der Waals surface area contributed by atoms with Crippen molar-refractivity contribution in [3.05, 3.63) is 77.2 Å². The quantitative estimate of drug-likeness (QED) is 0.208. The Hall–Kier alpha value is -2.83. The van der Waals surface area contributed by atoms with Crippen molar-refractivity contribution in [2.45, 2.75) is 38.7 Å². The van der Waals surface area contributed by atoms with Crippen LogP contribution in [0.25, 0.3) is 15.0 Å². The van der Waals surface area contributed by atoms with Gasteiger partial charge >= 0.3 is 5.97 Å². The average Bonchev–Trinajstić information content (AvgIpc) is 3.30. The van der Waals surface area contributed by atoms with Crippen molar-refractivity contribution in [2.75, 3.05) is 0 Å². The van der Waals surface area contributed by atoms with Crippen molar-refractivity contribution in [2.24, 2.45) is 5.92 Å². The lowest BCUT2D eigenvalue weighted by molar-refractivity contribution is -0.00150. The number of carbonyl (C=O) groups excluding carboxylic acids is 1. The molecular weight excluding hydrogens is 376 g/mol. The lowest BCUT2D eigenvalue weighted by atomic mass is 9.85. The summed E-state index contributed by atoms with van der Waals surface area (Å²) in [5.74, 6) is 2.37. The van der Waals surface area contributed by atoms with E-state index in [-0.39, 0.29) is 22.4 Å². The van der Waals surface area contributed by atoms with Crippen LogP contribution < -0.4 is 0 Å². The molecule has 1 aliphatic rings. The van der Waals surface area contributed by atoms with Crippen molar-refractivity contribution in [1.82, 2.24) is 0 Å². The number of carbonyl (C=O) groups is 1. The molecule has 0 N–H and O–H groups in total. The molecule has 146 valence electrons. The molecule has 2 aromatic carbocycles. The molecule has 3 unspecified atom stereocenters. The van der Waals surface area contributed by atoms with Crippen LogP contribution in [-0.4, -0.2) is 11.6 Å². The van der Waals surface area contributed by atoms with Crippen LogP contribution in [0.4, 0.5) is 0 Å². The second kappa shape index (κ2) is 7.54. The molecule has 2 nitrogen and oxygen atoms in total. The van der Waals surface area contributed by atoms with E-state index in [1.165, 1.54) is 19.9 Å². The predicted molar refractivity (Wildman–Crippen MR) is 122 cm³/mol. The summed E-state index contributed by atoms with van der Waals surface area (Å²) in [7, 11) is -0.0941. The van der Waals surface area contributed by atoms with Gasteiger partial charge in [0.1, 0.15) is 0 Å². The molecule has 1 heterocycles. The molecule has 3 aromatic rings. The third kappa shape index (κ3) is 3.50. The topological polar surface area (TPSA) is 26.3 Å². The van der Waals surface area contributed by atoms with Crippen LogP contribution in [-0.2, 0) is 4.74 Å². The molecule has 3 heteroatoms. The Balaban J connectivity index is 1.59. The summed E-state index contributed by atoms with van der Waals surface area (Å²) in [5, 5.41) is 1.28. The Bertz CT molecular complexity index is 1130. The number of hydrogen-bond acceptors (Lipinski definition) is 2. The molecule has 1 saturated carbocycles. The first kappa shape index (κ1) is 19.5. The van der Waals surface area contributed by atoms with E-state index < -0.39 is 5.60 Å². The lowest BCUT2D eigenvalue weighted by Gasteiger charge is -2.31. The first-order chi connectivity index (χ1) is 13.9. The van der Waals surface area contributed by atoms with E-state index in [0.717, 1.165) is 24.8 Å². The highest BCUT2D eigenvalue weighted by Gasteiger charge is 2.40. The maximum atomic E-state index is 12.8. The molecule has 0 aliphatic heterocycles. The molecule has 4 rings (SSSR count). The third-order valence-electron chi connectivity index (χ3n) is 5.89. The zero-order valence-corrected chi connectivity index (χ0v) is 17.7. The van der Waals surface area contributed by atoms with Crippen molar-refractivity contribution in [3.63, 3.8) is 0 Å². The molecule has 0 spiro atoms. The van der Waals surface area contributed by atoms with Crippen LogP contribution in [0.2, 0.25) is 0 Å². The summed E-state index contributed by atoms with van der Waals surface area (Å²) in [6.07, 6.45) is 8.68. The predicted octanol–water partition coefficient (Wildman–Crippen LogP) is 6.79. The highest BCUT2D eigenvalue weighted by Crippen LogP contribution is 2.43. The van der Waals surface area contributed by atoms with E-state index in [9.17, 15) is 4.79 Å². The number of aryl methyl sites for hydroxylation is 1. The van der Waals surface area contributed by atoms with Gasteiger partial charge in [0.05, 0.1) is 5.56 Å². The Morgan fingerprint density at radius 1 is 1.24 bits per heavy atom. The van der Waals surface area contributed by atoms with E-state index in [0.29, 0.717) is 5.56 Å². The van der Waals surface area contributed by atoms with E-state index in [4.69, 9.17) is 11.2 Å². The summed E-state index contributed by atoms with van der Waals surface area (Å²) in [6, 6.07) is 18.5. The van der Waals surface area contributed by atoms with E-state index in [1.807, 2.05) is 31.2 Å². The highest BCUT2D eigenvalue weighted by molar-refractivity contribution is 7.45. The fraction of sp³-hybridized carbons (Fsp3) is 0.269. The number of esters is 1. The summed E-state index contributed by atoms with van der Waals surface area (Å²) in [6.45, 7) is 8.11. The molecule has 0 amide bonds. The number of ether oxygens (including phenoxy) is 1. The molecule has 1 aromatic heterocycles. The van der Waals surface area contributed by atoms with E-state index >= 15 is 0 Å². The Labute approximate surface area is 175 Å². The SMILES string of the molecule is C#CC(C)(OC(=O)c1ccc(-[s+]2c(C)cc3ccccc32)cc1)C1CCCC1=C. The smallest absolute Gasteiger partial charge is 0.339 e. The van der Waals surface area contributed by atoms with Gasteiger partial charge < -0.3 is 4.74 Å². The van der Waals surface area contributed by atoms with E-state index in [1.54, 1.807) is 0 Å². The Morgan fingerprint density at radius 3 is 2.62 bits per heavy atom. The van der Waals surface area contributed by atoms with Crippen LogP contribution in [0, 0.1) is 25.2 Å². The monoisotopic (exact) mass is 401 g/mol. The standard InChI is InChI=1S/C26H25O2S/c1-5-26(4,23-11-8-9-18(23)2)28-25(27)20-13-15-22(16-14-20)29-19(3)17-21-10-6-7-12-24(21)29/h1,6-7,10,12-17,23H,2,8-9,11H2,3-4H3/q+1. The molecular formula is C26H25O2S+. The second-order valence-corrected chi connectivity index (χ2v) is 10.0. The van der Waals surface area contributed by atoms with Gasteiger partial charge in [-0.15, -0.1) is 6.42 Å². The van der Waals surface area contributed by atoms with Gasteiger partial charge in [-0.2, -0.15) is 0 Å². The van der Waals surface area contributed by atoms with Crippen molar-refractivity contribution in [1.29, 1.82) is 0 Å². The minimum Gasteiger partial charge on any atom is -0.442 e. The van der Waals surface area contributed by atoms with Crippen molar-refractivity contribution in [3.8, 4) is 17.2 Å². The molecule has 0 radical (unpaired) electrons. The van der Waals surface area contributed by atoms with E-state index in [2.05, 4.69) is 49.8 Å². The van der Waals surface area contributed by atoms with Crippen LogP contribution in [0.3, 0.4) is 0 Å². The number of terminal acetylenes is 1. The molecule has 29 heavy (non-hydrogen) atoms. The number of thiophene rings is 1. The van der Waals surface area contributed by atoms with Crippen LogP contribution >= 0.6 is 10.5 Å². The number of benzene rings is 2. The van der Waals surface area contributed by atoms with Gasteiger partial charge in [0.25, 0.3) is 0 Å². The van der Waals surface area contributed by atoms with Gasteiger partial charge in [-0.1, -0.05) is 30.2 Å². The summed E-state index contributed by atoms with van der Waals surface area (Å²) in [4.78, 5) is 15.4.